The minimum Gasteiger partial charge on any atom is -0.489 e. The van der Waals surface area contributed by atoms with Crippen molar-refractivity contribution in [2.24, 2.45) is 7.05 Å². The van der Waals surface area contributed by atoms with Crippen LogP contribution in [0.5, 0.6) is 5.75 Å². The van der Waals surface area contributed by atoms with Crippen molar-refractivity contribution in [2.45, 2.75) is 24.1 Å². The number of rotatable bonds is 8. The summed E-state index contributed by atoms with van der Waals surface area (Å²) in [5.41, 5.74) is 0.643. The Balaban J connectivity index is 1.42. The minimum absolute atomic E-state index is 0.134. The molecule has 1 aromatic heterocycles. The topological polar surface area (TPSA) is 90.3 Å². The van der Waals surface area contributed by atoms with Gasteiger partial charge in [0, 0.05) is 26.0 Å². The van der Waals surface area contributed by atoms with Crippen LogP contribution in [0.2, 0.25) is 0 Å². The molecule has 1 aliphatic rings. The quantitative estimate of drug-likeness (QED) is 0.542. The Morgan fingerprint density at radius 3 is 3.12 bits per heavy atom. The van der Waals surface area contributed by atoms with E-state index in [1.807, 2.05) is 35.9 Å². The number of aromatic nitrogens is 3. The highest BCUT2D eigenvalue weighted by Gasteiger charge is 2.17. The molecule has 2 aromatic rings. The normalized spacial score (nSPS) is 16.4. The fourth-order valence-electron chi connectivity index (χ4n) is 2.53. The number of anilines is 1. The van der Waals surface area contributed by atoms with Gasteiger partial charge in [-0.2, -0.15) is 0 Å². The second kappa shape index (κ2) is 9.44. The van der Waals surface area contributed by atoms with Crippen LogP contribution in [-0.2, 0) is 11.8 Å². The van der Waals surface area contributed by atoms with Crippen LogP contribution in [0.15, 0.2) is 35.7 Å². The number of para-hydroxylation sites is 2. The molecule has 0 spiro atoms. The molecule has 140 valence electrons. The van der Waals surface area contributed by atoms with Gasteiger partial charge >= 0.3 is 6.03 Å². The lowest BCUT2D eigenvalue weighted by Crippen LogP contribution is -2.30. The fraction of sp³-hybridized carbons (Fsp3) is 0.471. The number of nitrogens with zero attached hydrogens (tertiary/aromatic N) is 3. The number of thioether (sulfide) groups is 1. The van der Waals surface area contributed by atoms with E-state index in [0.29, 0.717) is 30.3 Å². The third-order valence-corrected chi connectivity index (χ3v) is 4.91. The van der Waals surface area contributed by atoms with E-state index in [1.54, 1.807) is 6.33 Å². The number of hydrogen-bond donors (Lipinski definition) is 2. The number of amides is 2. The predicted molar refractivity (Wildman–Crippen MR) is 99.7 cm³/mol. The van der Waals surface area contributed by atoms with Crippen LogP contribution in [0.4, 0.5) is 10.5 Å². The molecule has 1 aliphatic heterocycles. The van der Waals surface area contributed by atoms with Crippen molar-refractivity contribution in [1.82, 2.24) is 20.1 Å². The number of hydrogen-bond acceptors (Lipinski definition) is 6. The largest absolute Gasteiger partial charge is 0.489 e. The lowest BCUT2D eigenvalue weighted by Gasteiger charge is -2.15. The van der Waals surface area contributed by atoms with E-state index in [0.717, 1.165) is 24.6 Å². The van der Waals surface area contributed by atoms with Gasteiger partial charge in [-0.1, -0.05) is 23.9 Å². The molecule has 1 fully saturated rings. The number of ether oxygens (including phenoxy) is 2. The van der Waals surface area contributed by atoms with Crippen molar-refractivity contribution in [3.8, 4) is 5.75 Å². The number of nitrogens with one attached hydrogen (secondary N) is 2. The molecule has 0 radical (unpaired) electrons. The summed E-state index contributed by atoms with van der Waals surface area (Å²) >= 11 is 1.54. The van der Waals surface area contributed by atoms with Gasteiger partial charge in [0.1, 0.15) is 18.7 Å². The monoisotopic (exact) mass is 377 g/mol. The highest BCUT2D eigenvalue weighted by Crippen LogP contribution is 2.25. The van der Waals surface area contributed by atoms with Gasteiger partial charge < -0.3 is 24.7 Å². The number of carbonyl (C=O) groups is 1. The van der Waals surface area contributed by atoms with Gasteiger partial charge in [0.2, 0.25) is 0 Å². The highest BCUT2D eigenvalue weighted by atomic mass is 32.2. The summed E-state index contributed by atoms with van der Waals surface area (Å²) in [6, 6.07) is 7.13. The van der Waals surface area contributed by atoms with Crippen molar-refractivity contribution in [1.29, 1.82) is 0 Å². The van der Waals surface area contributed by atoms with Gasteiger partial charge in [0.05, 0.1) is 11.8 Å². The summed E-state index contributed by atoms with van der Waals surface area (Å²) in [5, 5.41) is 14.3. The Bertz CT molecular complexity index is 718. The lowest BCUT2D eigenvalue weighted by molar-refractivity contribution is 0.0682. The molecule has 1 saturated heterocycles. The van der Waals surface area contributed by atoms with Gasteiger partial charge in [-0.25, -0.2) is 4.79 Å². The summed E-state index contributed by atoms with van der Waals surface area (Å²) < 4.78 is 13.2. The van der Waals surface area contributed by atoms with E-state index >= 15 is 0 Å². The molecule has 8 nitrogen and oxygen atoms in total. The first kappa shape index (κ1) is 18.5. The standard InChI is InChI=1S/C17H23N5O3S/c1-22-12-19-21-17(22)26-10-8-18-16(23)20-14-6-2-3-7-15(14)25-11-13-5-4-9-24-13/h2-3,6-7,12-13H,4-5,8-11H2,1H3,(H2,18,20,23)/t13-/m1/s1. The Hall–Kier alpha value is -2.26. The average molecular weight is 377 g/mol. The maximum absolute atomic E-state index is 12.1. The molecular weight excluding hydrogens is 354 g/mol. The van der Waals surface area contributed by atoms with Gasteiger partial charge in [-0.05, 0) is 25.0 Å². The van der Waals surface area contributed by atoms with E-state index in [9.17, 15) is 4.79 Å². The van der Waals surface area contributed by atoms with Gasteiger partial charge in [-0.15, -0.1) is 10.2 Å². The molecule has 0 bridgehead atoms. The molecule has 9 heteroatoms. The molecule has 1 atom stereocenters. The third-order valence-electron chi connectivity index (χ3n) is 3.87. The fourth-order valence-corrected chi connectivity index (χ4v) is 3.27. The zero-order chi connectivity index (χ0) is 18.2. The van der Waals surface area contributed by atoms with E-state index in [1.165, 1.54) is 11.8 Å². The predicted octanol–water partition coefficient (Wildman–Crippen LogP) is 2.29. The van der Waals surface area contributed by atoms with E-state index in [4.69, 9.17) is 9.47 Å². The van der Waals surface area contributed by atoms with Crippen LogP contribution < -0.4 is 15.4 Å². The SMILES string of the molecule is Cn1cnnc1SCCNC(=O)Nc1ccccc1OC[C@H]1CCCO1. The van der Waals surface area contributed by atoms with Gasteiger partial charge in [0.15, 0.2) is 5.16 Å². The second-order valence-corrected chi connectivity index (χ2v) is 6.96. The van der Waals surface area contributed by atoms with Crippen LogP contribution in [0.25, 0.3) is 0 Å². The minimum atomic E-state index is -0.267. The Labute approximate surface area is 156 Å². The maximum Gasteiger partial charge on any atom is 0.319 e. The number of benzene rings is 1. The summed E-state index contributed by atoms with van der Waals surface area (Å²) in [6.07, 6.45) is 3.87. The lowest BCUT2D eigenvalue weighted by atomic mass is 10.2. The van der Waals surface area contributed by atoms with Crippen molar-refractivity contribution in [3.63, 3.8) is 0 Å². The Morgan fingerprint density at radius 2 is 2.35 bits per heavy atom. The highest BCUT2D eigenvalue weighted by molar-refractivity contribution is 7.99. The van der Waals surface area contributed by atoms with Crippen LogP contribution in [0.1, 0.15) is 12.8 Å². The van der Waals surface area contributed by atoms with Crippen molar-refractivity contribution >= 4 is 23.5 Å². The molecule has 1 aromatic carbocycles. The van der Waals surface area contributed by atoms with Crippen molar-refractivity contribution in [2.75, 3.05) is 30.8 Å². The Kier molecular flexibility index (Phi) is 6.73. The number of aryl methyl sites for hydroxylation is 1. The first-order valence-electron chi connectivity index (χ1n) is 8.57. The summed E-state index contributed by atoms with van der Waals surface area (Å²) in [4.78, 5) is 12.1. The number of carbonyl (C=O) groups excluding carboxylic acids is 1. The summed E-state index contributed by atoms with van der Waals surface area (Å²) in [6.45, 7) is 1.81. The van der Waals surface area contributed by atoms with Gasteiger partial charge in [0.25, 0.3) is 0 Å². The zero-order valence-corrected chi connectivity index (χ0v) is 15.5. The molecule has 26 heavy (non-hydrogen) atoms. The van der Waals surface area contributed by atoms with Gasteiger partial charge in [-0.3, -0.25) is 0 Å². The van der Waals surface area contributed by atoms with Crippen molar-refractivity contribution in [3.05, 3.63) is 30.6 Å². The van der Waals surface area contributed by atoms with Crippen LogP contribution in [0, 0.1) is 0 Å². The molecule has 3 rings (SSSR count). The number of urea groups is 1. The Morgan fingerprint density at radius 1 is 1.46 bits per heavy atom. The average Bonchev–Trinajstić information content (AvgIpc) is 3.30. The van der Waals surface area contributed by atoms with E-state index < -0.39 is 0 Å². The first-order valence-corrected chi connectivity index (χ1v) is 9.56. The molecule has 0 aliphatic carbocycles. The molecule has 0 saturated carbocycles. The second-order valence-electron chi connectivity index (χ2n) is 5.90. The third kappa shape index (κ3) is 5.37. The van der Waals surface area contributed by atoms with E-state index in [-0.39, 0.29) is 12.1 Å². The van der Waals surface area contributed by atoms with Crippen LogP contribution >= 0.6 is 11.8 Å². The summed E-state index contributed by atoms with van der Waals surface area (Å²) in [5.74, 6) is 1.35. The zero-order valence-electron chi connectivity index (χ0n) is 14.7. The molecule has 2 N–H and O–H groups in total. The van der Waals surface area contributed by atoms with Crippen LogP contribution in [-0.4, -0.2) is 52.4 Å². The maximum atomic E-state index is 12.1. The summed E-state index contributed by atoms with van der Waals surface area (Å²) in [7, 11) is 1.88. The van der Waals surface area contributed by atoms with E-state index in [2.05, 4.69) is 20.8 Å². The first-order chi connectivity index (χ1) is 12.7. The molecule has 0 unspecified atom stereocenters. The molecular formula is C17H23N5O3S. The smallest absolute Gasteiger partial charge is 0.319 e. The molecule has 2 heterocycles. The molecule has 2 amide bonds. The van der Waals surface area contributed by atoms with Crippen LogP contribution in [0.3, 0.4) is 0 Å². The van der Waals surface area contributed by atoms with Crippen molar-refractivity contribution < 1.29 is 14.3 Å².